The highest BCUT2D eigenvalue weighted by atomic mass is 16.3. The number of hydrazine groups is 1. The zero-order valence-electron chi connectivity index (χ0n) is 26.0. The van der Waals surface area contributed by atoms with Crippen molar-refractivity contribution in [2.75, 3.05) is 13.1 Å². The molecule has 0 bridgehead atoms. The lowest BCUT2D eigenvalue weighted by atomic mass is 9.94. The van der Waals surface area contributed by atoms with Gasteiger partial charge in [0.15, 0.2) is 0 Å². The third-order valence-corrected chi connectivity index (χ3v) is 8.88. The van der Waals surface area contributed by atoms with Crippen molar-refractivity contribution in [2.24, 2.45) is 0 Å². The number of nitrogens with one attached hydrogen (secondary N) is 1. The number of hydrogen-bond donors (Lipinski definition) is 2. The first-order valence-corrected chi connectivity index (χ1v) is 15.5. The summed E-state index contributed by atoms with van der Waals surface area (Å²) in [6, 6.07) is 23.9. The van der Waals surface area contributed by atoms with Crippen molar-refractivity contribution in [3.63, 3.8) is 0 Å². The molecule has 4 aromatic rings. The number of aromatic hydroxyl groups is 1. The minimum absolute atomic E-state index is 0.0883. The second kappa shape index (κ2) is 13.0. The summed E-state index contributed by atoms with van der Waals surface area (Å²) in [6.45, 7) is 8.10. The summed E-state index contributed by atoms with van der Waals surface area (Å²) < 4.78 is 0. The summed E-state index contributed by atoms with van der Waals surface area (Å²) in [6.07, 6.45) is 2.81. The summed E-state index contributed by atoms with van der Waals surface area (Å²) in [5, 5.41) is 17.3. The van der Waals surface area contributed by atoms with Crippen LogP contribution in [0.15, 0.2) is 104 Å². The van der Waals surface area contributed by atoms with Gasteiger partial charge in [-0.15, -0.1) is 6.58 Å². The number of fused-ring (bicyclic) bond motifs is 2. The Morgan fingerprint density at radius 3 is 2.52 bits per heavy atom. The second-order valence-electron chi connectivity index (χ2n) is 11.9. The molecule has 6 rings (SSSR count). The third kappa shape index (κ3) is 5.91. The molecule has 4 atom stereocenters. The van der Waals surface area contributed by atoms with E-state index in [1.807, 2.05) is 74.5 Å². The number of benzene rings is 3. The molecule has 10 heteroatoms. The Bertz CT molecular complexity index is 1740. The number of amides is 4. The van der Waals surface area contributed by atoms with Crippen molar-refractivity contribution in [1.82, 2.24) is 30.1 Å². The Hall–Kier alpha value is -5.22. The lowest BCUT2D eigenvalue weighted by molar-refractivity contribution is -0.198. The molecule has 2 aliphatic heterocycles. The first-order valence-electron chi connectivity index (χ1n) is 15.5. The van der Waals surface area contributed by atoms with Crippen LogP contribution in [0.2, 0.25) is 0 Å². The number of para-hydroxylation sites is 1. The van der Waals surface area contributed by atoms with Crippen LogP contribution in [0.5, 0.6) is 5.75 Å². The van der Waals surface area contributed by atoms with Crippen LogP contribution in [0.4, 0.5) is 4.79 Å². The fourth-order valence-electron chi connectivity index (χ4n) is 6.58. The molecule has 46 heavy (non-hydrogen) atoms. The molecule has 2 saturated heterocycles. The molecule has 3 aromatic carbocycles. The van der Waals surface area contributed by atoms with E-state index in [9.17, 15) is 19.5 Å². The van der Waals surface area contributed by atoms with Crippen LogP contribution in [0.25, 0.3) is 10.9 Å². The summed E-state index contributed by atoms with van der Waals surface area (Å²) in [5.74, 6) is -0.351. The Morgan fingerprint density at radius 2 is 1.78 bits per heavy atom. The van der Waals surface area contributed by atoms with E-state index in [2.05, 4.69) is 16.9 Å². The SMILES string of the molecule is C=CCN1CC(=O)N2[C@@H](Cc3ccc(O)cc3)C(=O)N(Cc3cccc4cccnc34)[C@@H](C)[C@@H]2N1C(=O)NC(C)c1ccccc1. The van der Waals surface area contributed by atoms with E-state index >= 15 is 0 Å². The summed E-state index contributed by atoms with van der Waals surface area (Å²) in [4.78, 5) is 50.7. The maximum Gasteiger partial charge on any atom is 0.334 e. The summed E-state index contributed by atoms with van der Waals surface area (Å²) >= 11 is 0. The topological polar surface area (TPSA) is 109 Å². The molecule has 3 heterocycles. The van der Waals surface area contributed by atoms with Gasteiger partial charge in [-0.05, 0) is 48.7 Å². The zero-order valence-corrected chi connectivity index (χ0v) is 26.0. The number of carbonyl (C=O) groups is 3. The molecular weight excluding hydrogens is 580 g/mol. The number of rotatable bonds is 8. The minimum atomic E-state index is -0.881. The van der Waals surface area contributed by atoms with Gasteiger partial charge < -0.3 is 20.2 Å². The van der Waals surface area contributed by atoms with Crippen LogP contribution in [-0.4, -0.2) is 79.1 Å². The molecule has 0 aliphatic carbocycles. The lowest BCUT2D eigenvalue weighted by Crippen LogP contribution is -2.79. The standard InChI is InChI=1S/C36H38N6O4/c1-4-20-39-23-32(44)41-31(21-26-15-17-30(43)18-16-26)35(45)40(22-29-13-8-12-28-14-9-19-37-33(28)29)25(3)34(41)42(39)36(46)38-24(2)27-10-6-5-7-11-27/h4-19,24-25,31,34,43H,1,20-23H2,2-3H3,(H,38,46)/t24?,25-,31-,34-/m0/s1. The number of phenolic OH excluding ortho intramolecular Hbond substituents is 1. The molecule has 2 aliphatic rings. The minimum Gasteiger partial charge on any atom is -0.508 e. The summed E-state index contributed by atoms with van der Waals surface area (Å²) in [5.41, 5.74) is 3.39. The average Bonchev–Trinajstić information content (AvgIpc) is 3.06. The molecule has 0 spiro atoms. The molecule has 0 saturated carbocycles. The van der Waals surface area contributed by atoms with Gasteiger partial charge in [-0.25, -0.2) is 14.8 Å². The molecule has 0 radical (unpaired) electrons. The van der Waals surface area contributed by atoms with Crippen molar-refractivity contribution in [1.29, 1.82) is 0 Å². The van der Waals surface area contributed by atoms with Gasteiger partial charge in [0, 0.05) is 31.1 Å². The maximum atomic E-state index is 14.5. The van der Waals surface area contributed by atoms with Crippen LogP contribution < -0.4 is 5.32 Å². The first kappa shape index (κ1) is 30.8. The van der Waals surface area contributed by atoms with E-state index in [4.69, 9.17) is 0 Å². The number of piperazine rings is 1. The fourth-order valence-corrected chi connectivity index (χ4v) is 6.58. The van der Waals surface area contributed by atoms with Crippen LogP contribution >= 0.6 is 0 Å². The smallest absolute Gasteiger partial charge is 0.334 e. The molecule has 1 aromatic heterocycles. The van der Waals surface area contributed by atoms with E-state index in [0.717, 1.165) is 27.6 Å². The predicted octanol–water partition coefficient (Wildman–Crippen LogP) is 4.63. The molecular formula is C36H38N6O4. The monoisotopic (exact) mass is 618 g/mol. The zero-order chi connectivity index (χ0) is 32.4. The molecule has 2 N–H and O–H groups in total. The highest BCUT2D eigenvalue weighted by Crippen LogP contribution is 2.34. The summed E-state index contributed by atoms with van der Waals surface area (Å²) in [7, 11) is 0. The molecule has 236 valence electrons. The van der Waals surface area contributed by atoms with Crippen molar-refractivity contribution in [3.05, 3.63) is 120 Å². The van der Waals surface area contributed by atoms with Gasteiger partial charge in [0.25, 0.3) is 0 Å². The number of hydrogen-bond acceptors (Lipinski definition) is 6. The van der Waals surface area contributed by atoms with E-state index in [1.54, 1.807) is 56.4 Å². The van der Waals surface area contributed by atoms with Crippen molar-refractivity contribution in [3.8, 4) is 5.75 Å². The van der Waals surface area contributed by atoms with E-state index in [0.29, 0.717) is 0 Å². The van der Waals surface area contributed by atoms with Gasteiger partial charge in [-0.3, -0.25) is 14.6 Å². The van der Waals surface area contributed by atoms with Gasteiger partial charge in [-0.1, -0.05) is 72.8 Å². The quantitative estimate of drug-likeness (QED) is 0.279. The van der Waals surface area contributed by atoms with Crippen molar-refractivity contribution >= 4 is 28.7 Å². The molecule has 10 nitrogen and oxygen atoms in total. The van der Waals surface area contributed by atoms with Crippen molar-refractivity contribution in [2.45, 2.75) is 51.1 Å². The number of aromatic nitrogens is 1. The number of urea groups is 1. The van der Waals surface area contributed by atoms with Gasteiger partial charge >= 0.3 is 6.03 Å². The van der Waals surface area contributed by atoms with Crippen LogP contribution in [0.1, 0.15) is 36.6 Å². The highest BCUT2D eigenvalue weighted by molar-refractivity contribution is 5.92. The molecule has 1 unspecified atom stereocenters. The number of carbonyl (C=O) groups excluding carboxylic acids is 3. The fraction of sp³-hybridized carbons (Fsp3) is 0.278. The van der Waals surface area contributed by atoms with E-state index in [-0.39, 0.29) is 55.7 Å². The number of pyridine rings is 1. The predicted molar refractivity (Wildman–Crippen MR) is 175 cm³/mol. The highest BCUT2D eigenvalue weighted by Gasteiger charge is 2.54. The van der Waals surface area contributed by atoms with Gasteiger partial charge in [0.05, 0.1) is 24.1 Å². The number of phenols is 1. The van der Waals surface area contributed by atoms with Gasteiger partial charge in [-0.2, -0.15) is 0 Å². The Morgan fingerprint density at radius 1 is 1.04 bits per heavy atom. The molecule has 2 fully saturated rings. The Balaban J connectivity index is 1.42. The van der Waals surface area contributed by atoms with Crippen LogP contribution in [0.3, 0.4) is 0 Å². The maximum absolute atomic E-state index is 14.5. The van der Waals surface area contributed by atoms with E-state index in [1.165, 1.54) is 0 Å². The average molecular weight is 619 g/mol. The normalized spacial score (nSPS) is 20.8. The van der Waals surface area contributed by atoms with Crippen molar-refractivity contribution < 1.29 is 19.5 Å². The Kier molecular flexibility index (Phi) is 8.72. The number of nitrogens with zero attached hydrogens (tertiary/aromatic N) is 5. The Labute approximate surface area is 268 Å². The van der Waals surface area contributed by atoms with Crippen LogP contribution in [0, 0.1) is 0 Å². The largest absolute Gasteiger partial charge is 0.508 e. The van der Waals surface area contributed by atoms with Crippen LogP contribution in [-0.2, 0) is 22.6 Å². The third-order valence-electron chi connectivity index (χ3n) is 8.88. The lowest BCUT2D eigenvalue weighted by Gasteiger charge is -2.58. The first-order chi connectivity index (χ1) is 22.3. The van der Waals surface area contributed by atoms with Gasteiger partial charge in [0.1, 0.15) is 18.0 Å². The molecule has 4 amide bonds. The van der Waals surface area contributed by atoms with E-state index < -0.39 is 18.2 Å². The van der Waals surface area contributed by atoms with Gasteiger partial charge in [0.2, 0.25) is 11.8 Å². The second-order valence-corrected chi connectivity index (χ2v) is 11.9.